The predicted octanol–water partition coefficient (Wildman–Crippen LogP) is 2.71. The molecule has 0 bridgehead atoms. The van der Waals surface area contributed by atoms with E-state index in [-0.39, 0.29) is 22.7 Å². The molecule has 0 radical (unpaired) electrons. The lowest BCUT2D eigenvalue weighted by molar-refractivity contribution is -0.583. The highest BCUT2D eigenvalue weighted by atomic mass is 32.2. The summed E-state index contributed by atoms with van der Waals surface area (Å²) in [5.74, 6) is 2.37. The van der Waals surface area contributed by atoms with Crippen molar-refractivity contribution in [2.24, 2.45) is 0 Å². The third-order valence-electron chi connectivity index (χ3n) is 5.03. The van der Waals surface area contributed by atoms with Gasteiger partial charge in [0, 0.05) is 18.6 Å². The Morgan fingerprint density at radius 2 is 2.32 bits per heavy atom. The molecule has 0 spiro atoms. The SMILES string of the molecule is Cc1c2c(-c3noc(C4CCSC4)n3)ncn2c2ccc(F)c(C#N)c2[n+]1[O-]. The first-order valence-electron chi connectivity index (χ1n) is 8.63. The molecule has 1 aliphatic heterocycles. The topological polar surface area (TPSA) is 107 Å². The molecule has 1 fully saturated rings. The van der Waals surface area contributed by atoms with E-state index >= 15 is 0 Å². The first-order valence-corrected chi connectivity index (χ1v) is 9.79. The van der Waals surface area contributed by atoms with E-state index in [2.05, 4.69) is 15.1 Å². The first-order chi connectivity index (χ1) is 13.6. The predicted molar refractivity (Wildman–Crippen MR) is 99.0 cm³/mol. The number of halogens is 1. The van der Waals surface area contributed by atoms with Crippen LogP contribution in [0.1, 0.15) is 29.5 Å². The second-order valence-corrected chi connectivity index (χ2v) is 7.76. The molecule has 1 aromatic carbocycles. The molecule has 0 amide bonds. The van der Waals surface area contributed by atoms with Gasteiger partial charge < -0.3 is 9.73 Å². The normalized spacial score (nSPS) is 16.8. The van der Waals surface area contributed by atoms with Crippen molar-refractivity contribution in [3.05, 3.63) is 46.6 Å². The minimum Gasteiger partial charge on any atom is -0.618 e. The Labute approximate surface area is 162 Å². The van der Waals surface area contributed by atoms with Gasteiger partial charge in [-0.3, -0.25) is 4.40 Å². The number of benzene rings is 1. The van der Waals surface area contributed by atoms with Crippen LogP contribution in [0.5, 0.6) is 0 Å². The second kappa shape index (κ2) is 6.17. The highest BCUT2D eigenvalue weighted by Crippen LogP contribution is 2.33. The number of hydrogen-bond donors (Lipinski definition) is 0. The summed E-state index contributed by atoms with van der Waals surface area (Å²) in [5, 5.41) is 26.2. The number of hydrogen-bond acceptors (Lipinski definition) is 7. The van der Waals surface area contributed by atoms with E-state index in [1.165, 1.54) is 18.5 Å². The quantitative estimate of drug-likeness (QED) is 0.379. The molecule has 10 heteroatoms. The second-order valence-electron chi connectivity index (χ2n) is 6.61. The molecule has 0 aliphatic carbocycles. The van der Waals surface area contributed by atoms with E-state index in [4.69, 9.17) is 4.52 Å². The van der Waals surface area contributed by atoms with Crippen molar-refractivity contribution >= 4 is 28.3 Å². The summed E-state index contributed by atoms with van der Waals surface area (Å²) >= 11 is 1.85. The van der Waals surface area contributed by atoms with Crippen molar-refractivity contribution in [3.8, 4) is 17.6 Å². The van der Waals surface area contributed by atoms with Crippen molar-refractivity contribution < 1.29 is 13.6 Å². The molecule has 1 atom stereocenters. The third kappa shape index (κ3) is 2.29. The summed E-state index contributed by atoms with van der Waals surface area (Å²) in [4.78, 5) is 8.87. The Kier molecular flexibility index (Phi) is 3.73. The van der Waals surface area contributed by atoms with Gasteiger partial charge in [-0.15, -0.1) is 0 Å². The minimum atomic E-state index is -0.740. The zero-order chi connectivity index (χ0) is 19.4. The van der Waals surface area contributed by atoms with Gasteiger partial charge >= 0.3 is 0 Å². The average molecular weight is 396 g/mol. The Balaban J connectivity index is 1.76. The number of fused-ring (bicyclic) bond motifs is 3. The van der Waals surface area contributed by atoms with E-state index in [1.807, 2.05) is 11.8 Å². The fourth-order valence-electron chi connectivity index (χ4n) is 3.59. The summed E-state index contributed by atoms with van der Waals surface area (Å²) in [5.41, 5.74) is 1.22. The molecule has 4 heterocycles. The molecule has 0 N–H and O–H groups in total. The fraction of sp³-hybridized carbons (Fsp3) is 0.278. The highest BCUT2D eigenvalue weighted by Gasteiger charge is 2.28. The molecule has 140 valence electrons. The van der Waals surface area contributed by atoms with Gasteiger partial charge in [-0.2, -0.15) is 26.7 Å². The molecule has 8 nitrogen and oxygen atoms in total. The van der Waals surface area contributed by atoms with Crippen LogP contribution < -0.4 is 4.73 Å². The highest BCUT2D eigenvalue weighted by molar-refractivity contribution is 7.99. The summed E-state index contributed by atoms with van der Waals surface area (Å²) in [7, 11) is 0. The maximum Gasteiger partial charge on any atom is 0.262 e. The third-order valence-corrected chi connectivity index (χ3v) is 6.19. The van der Waals surface area contributed by atoms with E-state index in [1.54, 1.807) is 17.4 Å². The molecule has 28 heavy (non-hydrogen) atoms. The van der Waals surface area contributed by atoms with Gasteiger partial charge in [0.05, 0.1) is 0 Å². The Morgan fingerprint density at radius 3 is 3.07 bits per heavy atom. The van der Waals surface area contributed by atoms with Gasteiger partial charge in [0.1, 0.15) is 34.9 Å². The fourth-order valence-corrected chi connectivity index (χ4v) is 4.80. The van der Waals surface area contributed by atoms with Crippen LogP contribution in [-0.2, 0) is 0 Å². The summed E-state index contributed by atoms with van der Waals surface area (Å²) in [6.45, 7) is 1.59. The van der Waals surface area contributed by atoms with Gasteiger partial charge in [0.15, 0.2) is 5.56 Å². The zero-order valence-electron chi connectivity index (χ0n) is 14.7. The van der Waals surface area contributed by atoms with Crippen LogP contribution in [0.2, 0.25) is 0 Å². The number of aromatic nitrogens is 5. The molecular weight excluding hydrogens is 383 g/mol. The number of aryl methyl sites for hydroxylation is 1. The van der Waals surface area contributed by atoms with Gasteiger partial charge in [-0.25, -0.2) is 9.37 Å². The summed E-state index contributed by atoms with van der Waals surface area (Å²) in [6.07, 6.45) is 2.50. The Morgan fingerprint density at radius 1 is 1.46 bits per heavy atom. The maximum atomic E-state index is 14.0. The average Bonchev–Trinajstić information content (AvgIpc) is 3.45. The van der Waals surface area contributed by atoms with Gasteiger partial charge in [-0.1, -0.05) is 5.16 Å². The molecule has 1 aliphatic rings. The van der Waals surface area contributed by atoms with E-state index < -0.39 is 5.82 Å². The maximum absolute atomic E-state index is 14.0. The van der Waals surface area contributed by atoms with Crippen molar-refractivity contribution in [2.75, 3.05) is 11.5 Å². The van der Waals surface area contributed by atoms with Crippen LogP contribution in [0.15, 0.2) is 23.0 Å². The standard InChI is InChI=1S/C18H13FN6O2S/c1-9-15-14(17-22-18(27-23-17)10-4-5-28-7-10)21-8-24(15)13-3-2-12(19)11(6-20)16(13)25(9)26/h2-3,8,10H,4-5,7H2,1H3. The van der Waals surface area contributed by atoms with Crippen LogP contribution in [0.3, 0.4) is 0 Å². The number of rotatable bonds is 2. The van der Waals surface area contributed by atoms with Crippen molar-refractivity contribution in [1.29, 1.82) is 5.26 Å². The van der Waals surface area contributed by atoms with Crippen LogP contribution in [0.4, 0.5) is 4.39 Å². The monoisotopic (exact) mass is 396 g/mol. The number of nitriles is 1. The molecule has 5 rings (SSSR count). The lowest BCUT2D eigenvalue weighted by Crippen LogP contribution is -2.33. The molecule has 0 saturated carbocycles. The van der Waals surface area contributed by atoms with E-state index in [0.717, 1.165) is 17.9 Å². The van der Waals surface area contributed by atoms with Crippen molar-refractivity contribution in [2.45, 2.75) is 19.3 Å². The van der Waals surface area contributed by atoms with Gasteiger partial charge in [-0.05, 0) is 24.3 Å². The smallest absolute Gasteiger partial charge is 0.262 e. The summed E-state index contributed by atoms with van der Waals surface area (Å²) in [6, 6.07) is 4.39. The van der Waals surface area contributed by atoms with Crippen molar-refractivity contribution in [1.82, 2.24) is 19.5 Å². The Hall–Kier alpha value is -3.19. The number of imidazole rings is 1. The largest absolute Gasteiger partial charge is 0.618 e. The number of nitrogens with zero attached hydrogens (tertiary/aromatic N) is 6. The lowest BCUT2D eigenvalue weighted by atomic mass is 10.1. The molecular formula is C18H13FN6O2S. The van der Waals surface area contributed by atoms with E-state index in [9.17, 15) is 14.9 Å². The minimum absolute atomic E-state index is 0.0340. The van der Waals surface area contributed by atoms with Crippen LogP contribution in [-0.4, -0.2) is 31.0 Å². The van der Waals surface area contributed by atoms with Crippen LogP contribution in [0.25, 0.3) is 28.1 Å². The lowest BCUT2D eigenvalue weighted by Gasteiger charge is -2.09. The molecule has 1 unspecified atom stereocenters. The van der Waals surface area contributed by atoms with E-state index in [0.29, 0.717) is 33.2 Å². The van der Waals surface area contributed by atoms with Crippen LogP contribution in [0, 0.1) is 29.3 Å². The molecule has 1 saturated heterocycles. The van der Waals surface area contributed by atoms with Crippen LogP contribution >= 0.6 is 11.8 Å². The summed E-state index contributed by atoms with van der Waals surface area (Å²) < 4.78 is 21.7. The molecule has 4 aromatic rings. The van der Waals surface area contributed by atoms with Gasteiger partial charge in [0.2, 0.25) is 17.4 Å². The van der Waals surface area contributed by atoms with Crippen molar-refractivity contribution in [3.63, 3.8) is 0 Å². The van der Waals surface area contributed by atoms with Gasteiger partial charge in [0.25, 0.3) is 5.52 Å². The first kappa shape index (κ1) is 16.9. The zero-order valence-corrected chi connectivity index (χ0v) is 15.5. The number of thioether (sulfide) groups is 1. The Bertz CT molecular complexity index is 1290. The molecule has 3 aromatic heterocycles.